The van der Waals surface area contributed by atoms with Gasteiger partial charge < -0.3 is 20.3 Å². The van der Waals surface area contributed by atoms with E-state index in [2.05, 4.69) is 5.32 Å². The Morgan fingerprint density at radius 1 is 1.37 bits per heavy atom. The van der Waals surface area contributed by atoms with E-state index in [1.807, 2.05) is 0 Å². The SMILES string of the molecule is COc1ccccc1CC(=O)N[C@H](CCO)C(=O)O. The molecule has 0 spiro atoms. The summed E-state index contributed by atoms with van der Waals surface area (Å²) in [5.41, 5.74) is 0.677. The van der Waals surface area contributed by atoms with Crippen molar-refractivity contribution in [3.05, 3.63) is 29.8 Å². The molecule has 0 heterocycles. The minimum atomic E-state index is -1.16. The number of aliphatic hydroxyl groups is 1. The quantitative estimate of drug-likeness (QED) is 0.655. The lowest BCUT2D eigenvalue weighted by molar-refractivity contribution is -0.142. The molecule has 1 amide bonds. The van der Waals surface area contributed by atoms with Crippen molar-refractivity contribution < 1.29 is 24.5 Å². The Morgan fingerprint density at radius 3 is 2.63 bits per heavy atom. The molecule has 0 aliphatic carbocycles. The highest BCUT2D eigenvalue weighted by Crippen LogP contribution is 2.17. The molecular weight excluding hydrogens is 250 g/mol. The number of ether oxygens (including phenoxy) is 1. The second-order valence-corrected chi connectivity index (χ2v) is 3.96. The van der Waals surface area contributed by atoms with Crippen LogP contribution in [0, 0.1) is 0 Å². The fourth-order valence-corrected chi connectivity index (χ4v) is 1.65. The predicted molar refractivity (Wildman–Crippen MR) is 68.0 cm³/mol. The van der Waals surface area contributed by atoms with Crippen molar-refractivity contribution in [1.82, 2.24) is 5.32 Å². The minimum Gasteiger partial charge on any atom is -0.496 e. The van der Waals surface area contributed by atoms with E-state index < -0.39 is 17.9 Å². The van der Waals surface area contributed by atoms with Gasteiger partial charge in [0, 0.05) is 18.6 Å². The lowest BCUT2D eigenvalue weighted by atomic mass is 10.1. The van der Waals surface area contributed by atoms with Crippen molar-refractivity contribution in [2.45, 2.75) is 18.9 Å². The van der Waals surface area contributed by atoms with Gasteiger partial charge in [-0.15, -0.1) is 0 Å². The number of rotatable bonds is 7. The Labute approximate surface area is 111 Å². The number of aliphatic carboxylic acids is 1. The van der Waals surface area contributed by atoms with Gasteiger partial charge in [-0.25, -0.2) is 4.79 Å². The molecule has 0 aromatic heterocycles. The summed E-state index contributed by atoms with van der Waals surface area (Å²) in [6.07, 6.45) is 0.00617. The summed E-state index contributed by atoms with van der Waals surface area (Å²) in [6, 6.07) is 5.94. The van der Waals surface area contributed by atoms with Crippen LogP contribution in [-0.4, -0.2) is 41.8 Å². The molecule has 104 valence electrons. The maximum atomic E-state index is 11.8. The first-order valence-corrected chi connectivity index (χ1v) is 5.83. The Bertz CT molecular complexity index is 446. The smallest absolute Gasteiger partial charge is 0.326 e. The van der Waals surface area contributed by atoms with Gasteiger partial charge in [-0.2, -0.15) is 0 Å². The molecule has 1 rings (SSSR count). The highest BCUT2D eigenvalue weighted by atomic mass is 16.5. The van der Waals surface area contributed by atoms with Gasteiger partial charge in [0.15, 0.2) is 0 Å². The predicted octanol–water partition coefficient (Wildman–Crippen LogP) is 0.189. The van der Waals surface area contributed by atoms with Crippen molar-refractivity contribution >= 4 is 11.9 Å². The van der Waals surface area contributed by atoms with Gasteiger partial charge >= 0.3 is 5.97 Å². The minimum absolute atomic E-state index is 0.0208. The Balaban J connectivity index is 2.66. The lowest BCUT2D eigenvalue weighted by Gasteiger charge is -2.14. The van der Waals surface area contributed by atoms with Crippen LogP contribution in [-0.2, 0) is 16.0 Å². The van der Waals surface area contributed by atoms with E-state index in [9.17, 15) is 9.59 Å². The van der Waals surface area contributed by atoms with Crippen LogP contribution in [0.1, 0.15) is 12.0 Å². The highest BCUT2D eigenvalue weighted by Gasteiger charge is 2.19. The third kappa shape index (κ3) is 4.59. The van der Waals surface area contributed by atoms with E-state index in [-0.39, 0.29) is 19.4 Å². The Hall–Kier alpha value is -2.08. The summed E-state index contributed by atoms with van der Waals surface area (Å²) < 4.78 is 5.11. The molecule has 6 heteroatoms. The van der Waals surface area contributed by atoms with Crippen LogP contribution < -0.4 is 10.1 Å². The molecule has 0 saturated heterocycles. The normalized spacial score (nSPS) is 11.7. The van der Waals surface area contributed by atoms with Crippen molar-refractivity contribution in [3.63, 3.8) is 0 Å². The largest absolute Gasteiger partial charge is 0.496 e. The number of aliphatic hydroxyl groups excluding tert-OH is 1. The molecule has 19 heavy (non-hydrogen) atoms. The number of carbonyl (C=O) groups is 2. The van der Waals surface area contributed by atoms with Gasteiger partial charge in [0.05, 0.1) is 13.5 Å². The van der Waals surface area contributed by atoms with Gasteiger partial charge in [-0.1, -0.05) is 18.2 Å². The third-order valence-electron chi connectivity index (χ3n) is 2.59. The highest BCUT2D eigenvalue weighted by molar-refractivity contribution is 5.85. The Morgan fingerprint density at radius 2 is 2.05 bits per heavy atom. The lowest BCUT2D eigenvalue weighted by Crippen LogP contribution is -2.42. The molecule has 0 aliphatic heterocycles. The maximum Gasteiger partial charge on any atom is 0.326 e. The van der Waals surface area contributed by atoms with Gasteiger partial charge in [0.2, 0.25) is 5.91 Å². The first-order chi connectivity index (χ1) is 9.08. The molecule has 3 N–H and O–H groups in total. The standard InChI is InChI=1S/C13H17NO5/c1-19-11-5-3-2-4-9(11)8-12(16)14-10(6-7-15)13(17)18/h2-5,10,15H,6-8H2,1H3,(H,14,16)(H,17,18)/t10-/m1/s1. The van der Waals surface area contributed by atoms with Gasteiger partial charge in [0.25, 0.3) is 0 Å². The molecular formula is C13H17NO5. The number of nitrogens with one attached hydrogen (secondary N) is 1. The zero-order chi connectivity index (χ0) is 14.3. The Kier molecular flexibility index (Phi) is 5.81. The molecule has 0 unspecified atom stereocenters. The molecule has 1 aromatic rings. The number of carboxylic acid groups (broad SMARTS) is 1. The number of carboxylic acids is 1. The second-order valence-electron chi connectivity index (χ2n) is 3.96. The molecule has 1 atom stereocenters. The summed E-state index contributed by atoms with van der Waals surface area (Å²) in [5.74, 6) is -1.01. The molecule has 0 saturated carbocycles. The van der Waals surface area contributed by atoms with Crippen LogP contribution in [0.5, 0.6) is 5.75 Å². The van der Waals surface area contributed by atoms with Crippen molar-refractivity contribution in [1.29, 1.82) is 0 Å². The van der Waals surface area contributed by atoms with Gasteiger partial charge in [-0.05, 0) is 6.07 Å². The van der Waals surface area contributed by atoms with E-state index in [0.29, 0.717) is 11.3 Å². The summed E-state index contributed by atoms with van der Waals surface area (Å²) >= 11 is 0. The number of methoxy groups -OCH3 is 1. The summed E-state index contributed by atoms with van der Waals surface area (Å²) in [4.78, 5) is 22.6. The van der Waals surface area contributed by atoms with Crippen molar-refractivity contribution in [3.8, 4) is 5.75 Å². The second kappa shape index (κ2) is 7.38. The molecule has 0 bridgehead atoms. The van der Waals surface area contributed by atoms with E-state index in [4.69, 9.17) is 14.9 Å². The number of para-hydroxylation sites is 1. The fraction of sp³-hybridized carbons (Fsp3) is 0.385. The number of carbonyl (C=O) groups excluding carboxylic acids is 1. The molecule has 1 aromatic carbocycles. The first kappa shape index (κ1) is 15.0. The molecule has 0 radical (unpaired) electrons. The van der Waals surface area contributed by atoms with Crippen LogP contribution in [0.15, 0.2) is 24.3 Å². The van der Waals surface area contributed by atoms with E-state index in [1.54, 1.807) is 24.3 Å². The van der Waals surface area contributed by atoms with Crippen LogP contribution in [0.2, 0.25) is 0 Å². The number of amides is 1. The topological polar surface area (TPSA) is 95.9 Å². The van der Waals surface area contributed by atoms with Crippen molar-refractivity contribution in [2.24, 2.45) is 0 Å². The first-order valence-electron chi connectivity index (χ1n) is 5.83. The summed E-state index contributed by atoms with van der Waals surface area (Å²) in [7, 11) is 1.50. The van der Waals surface area contributed by atoms with Crippen LogP contribution in [0.3, 0.4) is 0 Å². The van der Waals surface area contributed by atoms with Gasteiger partial charge in [-0.3, -0.25) is 4.79 Å². The molecule has 6 nitrogen and oxygen atoms in total. The zero-order valence-electron chi connectivity index (χ0n) is 10.6. The number of benzene rings is 1. The average molecular weight is 267 g/mol. The number of hydrogen-bond acceptors (Lipinski definition) is 4. The summed E-state index contributed by atoms with van der Waals surface area (Å²) in [5, 5.41) is 20.0. The fourth-order valence-electron chi connectivity index (χ4n) is 1.65. The third-order valence-corrected chi connectivity index (χ3v) is 2.59. The van der Waals surface area contributed by atoms with E-state index in [1.165, 1.54) is 7.11 Å². The van der Waals surface area contributed by atoms with Crippen LogP contribution in [0.25, 0.3) is 0 Å². The number of hydrogen-bond donors (Lipinski definition) is 3. The van der Waals surface area contributed by atoms with E-state index in [0.717, 1.165) is 0 Å². The van der Waals surface area contributed by atoms with Crippen LogP contribution in [0.4, 0.5) is 0 Å². The molecule has 0 fully saturated rings. The van der Waals surface area contributed by atoms with Gasteiger partial charge in [0.1, 0.15) is 11.8 Å². The van der Waals surface area contributed by atoms with E-state index >= 15 is 0 Å². The average Bonchev–Trinajstić information content (AvgIpc) is 2.38. The maximum absolute atomic E-state index is 11.8. The van der Waals surface area contributed by atoms with Crippen LogP contribution >= 0.6 is 0 Å². The van der Waals surface area contributed by atoms with Crippen molar-refractivity contribution in [2.75, 3.05) is 13.7 Å². The molecule has 0 aliphatic rings. The monoisotopic (exact) mass is 267 g/mol. The zero-order valence-corrected chi connectivity index (χ0v) is 10.6. The summed E-state index contributed by atoms with van der Waals surface area (Å²) in [6.45, 7) is -0.300.